The van der Waals surface area contributed by atoms with Gasteiger partial charge in [-0.25, -0.2) is 26.6 Å². The summed E-state index contributed by atoms with van der Waals surface area (Å²) in [5.41, 5.74) is -2.20. The highest BCUT2D eigenvalue weighted by Crippen LogP contribution is 2.33. The third-order valence-corrected chi connectivity index (χ3v) is 5.23. The van der Waals surface area contributed by atoms with Gasteiger partial charge in [0.05, 0.1) is 10.5 Å². The predicted octanol–water partition coefficient (Wildman–Crippen LogP) is 4.97. The van der Waals surface area contributed by atoms with E-state index in [2.05, 4.69) is 10.3 Å². The number of ether oxygens (including phenoxy) is 1. The van der Waals surface area contributed by atoms with Gasteiger partial charge in [-0.3, -0.25) is 4.79 Å². The van der Waals surface area contributed by atoms with E-state index in [1.165, 1.54) is 18.2 Å². The molecule has 3 rings (SSSR count). The van der Waals surface area contributed by atoms with E-state index in [1.54, 1.807) is 0 Å². The second kappa shape index (κ2) is 8.73. The van der Waals surface area contributed by atoms with Crippen LogP contribution in [0.15, 0.2) is 53.6 Å². The highest BCUT2D eigenvalue weighted by atomic mass is 32.2. The molecule has 1 N–H and O–H groups in total. The molecule has 2 aromatic carbocycles. The summed E-state index contributed by atoms with van der Waals surface area (Å²) in [5.74, 6) is -7.72. The van der Waals surface area contributed by atoms with E-state index in [0.717, 1.165) is 12.3 Å². The zero-order chi connectivity index (χ0) is 24.6. The van der Waals surface area contributed by atoms with Crippen molar-refractivity contribution >= 4 is 21.4 Å². The molecule has 0 atom stereocenters. The molecule has 0 saturated carbocycles. The van der Waals surface area contributed by atoms with Crippen molar-refractivity contribution < 1.29 is 44.3 Å². The average Bonchev–Trinajstić information content (AvgIpc) is 2.71. The highest BCUT2D eigenvalue weighted by molar-refractivity contribution is 7.90. The Labute approximate surface area is 182 Å². The lowest BCUT2D eigenvalue weighted by Crippen LogP contribution is -2.16. The third-order valence-electron chi connectivity index (χ3n) is 4.12. The number of carbonyl (C=O) groups is 1. The lowest BCUT2D eigenvalue weighted by molar-refractivity contribution is -0.137. The van der Waals surface area contributed by atoms with Crippen LogP contribution in [0.5, 0.6) is 11.6 Å². The van der Waals surface area contributed by atoms with Crippen molar-refractivity contribution in [1.82, 2.24) is 4.98 Å². The molecule has 6 nitrogen and oxygen atoms in total. The van der Waals surface area contributed by atoms with Crippen molar-refractivity contribution in [1.29, 1.82) is 0 Å². The number of nitrogens with zero attached hydrogens (tertiary/aromatic N) is 1. The molecule has 0 fully saturated rings. The van der Waals surface area contributed by atoms with Crippen LogP contribution in [-0.4, -0.2) is 25.6 Å². The number of carbonyl (C=O) groups excluding carboxylic acids is 1. The molecule has 1 aromatic heterocycles. The average molecular weight is 490 g/mol. The van der Waals surface area contributed by atoms with Crippen LogP contribution in [0.3, 0.4) is 0 Å². The molecule has 0 aliphatic rings. The number of anilines is 1. The van der Waals surface area contributed by atoms with Crippen LogP contribution in [0.1, 0.15) is 15.9 Å². The SMILES string of the molecule is CS(=O)(=O)c1cccc(NC(=O)c2cc(C(F)(F)F)cnc2Oc2cc(F)c(F)c(F)c2)c1. The Hall–Kier alpha value is -3.61. The summed E-state index contributed by atoms with van der Waals surface area (Å²) >= 11 is 0. The fraction of sp³-hybridized carbons (Fsp3) is 0.100. The van der Waals surface area contributed by atoms with E-state index in [-0.39, 0.29) is 10.6 Å². The van der Waals surface area contributed by atoms with Gasteiger partial charge in [0, 0.05) is 30.3 Å². The quantitative estimate of drug-likeness (QED) is 0.404. The summed E-state index contributed by atoms with van der Waals surface area (Å²) in [6, 6.07) is 6.08. The molecule has 0 aliphatic carbocycles. The van der Waals surface area contributed by atoms with Gasteiger partial charge in [-0.05, 0) is 24.3 Å². The standard InChI is InChI=1S/C20H12F6N2O4S/c1-33(30,31)13-4-2-3-11(6-13)28-18(29)14-5-10(20(24,25)26)9-27-19(14)32-12-7-15(21)17(23)16(22)8-12/h2-9H,1H3,(H,28,29). The van der Waals surface area contributed by atoms with Gasteiger partial charge in [0.1, 0.15) is 11.3 Å². The van der Waals surface area contributed by atoms with Crippen molar-refractivity contribution in [2.75, 3.05) is 11.6 Å². The minimum Gasteiger partial charge on any atom is -0.438 e. The largest absolute Gasteiger partial charge is 0.438 e. The zero-order valence-electron chi connectivity index (χ0n) is 16.4. The van der Waals surface area contributed by atoms with Crippen LogP contribution >= 0.6 is 0 Å². The third kappa shape index (κ3) is 5.61. The first-order chi connectivity index (χ1) is 15.3. The Morgan fingerprint density at radius 2 is 1.67 bits per heavy atom. The minimum absolute atomic E-state index is 0.0786. The molecule has 1 amide bonds. The van der Waals surface area contributed by atoms with Gasteiger partial charge in [-0.1, -0.05) is 6.07 Å². The molecule has 0 radical (unpaired) electrons. The van der Waals surface area contributed by atoms with E-state index < -0.39 is 62.1 Å². The summed E-state index contributed by atoms with van der Waals surface area (Å²) in [6.45, 7) is 0. The molecular weight excluding hydrogens is 478 g/mol. The molecule has 13 heteroatoms. The van der Waals surface area contributed by atoms with Crippen LogP contribution in [-0.2, 0) is 16.0 Å². The second-order valence-electron chi connectivity index (χ2n) is 6.63. The molecule has 0 spiro atoms. The molecule has 1 heterocycles. The van der Waals surface area contributed by atoms with Gasteiger partial charge >= 0.3 is 6.18 Å². The maximum Gasteiger partial charge on any atom is 0.417 e. The van der Waals surface area contributed by atoms with Gasteiger partial charge in [-0.2, -0.15) is 13.2 Å². The fourth-order valence-electron chi connectivity index (χ4n) is 2.56. The second-order valence-corrected chi connectivity index (χ2v) is 8.65. The van der Waals surface area contributed by atoms with Crippen LogP contribution < -0.4 is 10.1 Å². The molecule has 0 unspecified atom stereocenters. The summed E-state index contributed by atoms with van der Waals surface area (Å²) in [4.78, 5) is 15.9. The number of halogens is 6. The maximum absolute atomic E-state index is 13.5. The smallest absolute Gasteiger partial charge is 0.417 e. The topological polar surface area (TPSA) is 85.4 Å². The Bertz CT molecular complexity index is 1320. The number of benzene rings is 2. The van der Waals surface area contributed by atoms with Crippen molar-refractivity contribution in [2.45, 2.75) is 11.1 Å². The van der Waals surface area contributed by atoms with E-state index in [0.29, 0.717) is 24.4 Å². The fourth-order valence-corrected chi connectivity index (χ4v) is 3.22. The number of aromatic nitrogens is 1. The number of hydrogen-bond donors (Lipinski definition) is 1. The molecule has 3 aromatic rings. The number of alkyl halides is 3. The summed E-state index contributed by atoms with van der Waals surface area (Å²) in [5, 5.41) is 2.21. The predicted molar refractivity (Wildman–Crippen MR) is 103 cm³/mol. The van der Waals surface area contributed by atoms with Gasteiger partial charge in [-0.15, -0.1) is 0 Å². The Morgan fingerprint density at radius 1 is 1.03 bits per heavy atom. The molecule has 0 saturated heterocycles. The van der Waals surface area contributed by atoms with Crippen LogP contribution in [0, 0.1) is 17.5 Å². The number of sulfone groups is 1. The van der Waals surface area contributed by atoms with E-state index in [1.807, 2.05) is 0 Å². The number of amides is 1. The molecule has 0 bridgehead atoms. The lowest BCUT2D eigenvalue weighted by atomic mass is 10.1. The van der Waals surface area contributed by atoms with Crippen LogP contribution in [0.4, 0.5) is 32.0 Å². The number of nitrogens with one attached hydrogen (secondary N) is 1. The normalized spacial score (nSPS) is 11.8. The first kappa shape index (κ1) is 24.0. The van der Waals surface area contributed by atoms with Crippen molar-refractivity contribution in [2.24, 2.45) is 0 Å². The highest BCUT2D eigenvalue weighted by Gasteiger charge is 2.33. The van der Waals surface area contributed by atoms with Crippen molar-refractivity contribution in [3.8, 4) is 11.6 Å². The van der Waals surface area contributed by atoms with Crippen molar-refractivity contribution in [3.63, 3.8) is 0 Å². The van der Waals surface area contributed by atoms with Gasteiger partial charge in [0.15, 0.2) is 27.3 Å². The maximum atomic E-state index is 13.5. The summed E-state index contributed by atoms with van der Waals surface area (Å²) in [6.07, 6.45) is -3.66. The van der Waals surface area contributed by atoms with Gasteiger partial charge in [0.2, 0.25) is 5.88 Å². The number of hydrogen-bond acceptors (Lipinski definition) is 5. The summed E-state index contributed by atoms with van der Waals surface area (Å²) < 4.78 is 108. The Morgan fingerprint density at radius 3 is 2.24 bits per heavy atom. The number of rotatable bonds is 5. The Kier molecular flexibility index (Phi) is 6.36. The van der Waals surface area contributed by atoms with Crippen LogP contribution in [0.25, 0.3) is 0 Å². The molecule has 174 valence electrons. The Balaban J connectivity index is 2.02. The van der Waals surface area contributed by atoms with Gasteiger partial charge < -0.3 is 10.1 Å². The first-order valence-electron chi connectivity index (χ1n) is 8.77. The molecule has 33 heavy (non-hydrogen) atoms. The first-order valence-corrected chi connectivity index (χ1v) is 10.7. The monoisotopic (exact) mass is 490 g/mol. The van der Waals surface area contributed by atoms with E-state index in [4.69, 9.17) is 4.74 Å². The molecule has 0 aliphatic heterocycles. The zero-order valence-corrected chi connectivity index (χ0v) is 17.2. The van der Waals surface area contributed by atoms with Gasteiger partial charge in [0.25, 0.3) is 5.91 Å². The molecular formula is C20H12F6N2O4S. The summed E-state index contributed by atoms with van der Waals surface area (Å²) in [7, 11) is -3.65. The number of pyridine rings is 1. The van der Waals surface area contributed by atoms with E-state index >= 15 is 0 Å². The van der Waals surface area contributed by atoms with Crippen molar-refractivity contribution in [3.05, 3.63) is 77.2 Å². The lowest BCUT2D eigenvalue weighted by Gasteiger charge is -2.14. The van der Waals surface area contributed by atoms with Crippen LogP contribution in [0.2, 0.25) is 0 Å². The minimum atomic E-state index is -4.90. The van der Waals surface area contributed by atoms with E-state index in [9.17, 15) is 39.6 Å².